The first-order valence-electron chi connectivity index (χ1n) is 20.9. The molecular weight excluding hydrogens is 719 g/mol. The highest BCUT2D eigenvalue weighted by molar-refractivity contribution is 6.10. The lowest BCUT2D eigenvalue weighted by atomic mass is 9.78. The summed E-state index contributed by atoms with van der Waals surface area (Å²) < 4.78 is 2.33. The Kier molecular flexibility index (Phi) is 9.19. The van der Waals surface area contributed by atoms with E-state index in [2.05, 4.69) is 233 Å². The Hall–Kier alpha value is -6.33. The van der Waals surface area contributed by atoms with Gasteiger partial charge in [-0.2, -0.15) is 0 Å². The van der Waals surface area contributed by atoms with Gasteiger partial charge in [0.05, 0.1) is 22.4 Å². The van der Waals surface area contributed by atoms with Gasteiger partial charge >= 0.3 is 0 Å². The molecule has 0 N–H and O–H groups in total. The van der Waals surface area contributed by atoms with Crippen molar-refractivity contribution in [1.29, 1.82) is 0 Å². The molecule has 0 radical (unpaired) electrons. The third-order valence-electron chi connectivity index (χ3n) is 12.5. The van der Waals surface area contributed by atoms with E-state index in [-0.39, 0.29) is 16.2 Å². The molecule has 59 heavy (non-hydrogen) atoms. The number of pyridine rings is 1. The fourth-order valence-electron chi connectivity index (χ4n) is 8.67. The predicted molar refractivity (Wildman–Crippen MR) is 251 cm³/mol. The molecule has 0 aliphatic carbocycles. The third kappa shape index (κ3) is 6.82. The van der Waals surface area contributed by atoms with Gasteiger partial charge in [0.25, 0.3) is 0 Å². The van der Waals surface area contributed by atoms with Gasteiger partial charge in [-0.1, -0.05) is 134 Å². The highest BCUT2D eigenvalue weighted by Gasteiger charge is 2.31. The Morgan fingerprint density at radius 2 is 1.08 bits per heavy atom. The van der Waals surface area contributed by atoms with Crippen LogP contribution in [0.1, 0.15) is 77.6 Å². The summed E-state index contributed by atoms with van der Waals surface area (Å²) in [6, 6.07) is 55.6. The summed E-state index contributed by atoms with van der Waals surface area (Å²) in [6.07, 6.45) is 1.96. The molecule has 0 saturated carbocycles. The Labute approximate surface area is 350 Å². The minimum absolute atomic E-state index is 0.0328. The molecule has 0 bridgehead atoms. The Morgan fingerprint density at radius 1 is 0.475 bits per heavy atom. The van der Waals surface area contributed by atoms with E-state index >= 15 is 0 Å². The minimum atomic E-state index is -0.188. The normalized spacial score (nSPS) is 13.4. The van der Waals surface area contributed by atoms with E-state index in [0.717, 1.165) is 40.6 Å². The van der Waals surface area contributed by atoms with Gasteiger partial charge in [-0.3, -0.25) is 4.57 Å². The van der Waals surface area contributed by atoms with Gasteiger partial charge < -0.3 is 14.7 Å². The molecule has 0 unspecified atom stereocenters. The van der Waals surface area contributed by atoms with Crippen LogP contribution in [0.15, 0.2) is 158 Å². The smallest absolute Gasteiger partial charge is 0.137 e. The standard InChI is InChI=1S/C54H55N5/c1-52(2,3)39-30-40(53(4,5)6)32-44(31-39)58-36-57(48-24-15-16-25-49(48)58)43-21-17-20-41(34-43)56(9)42-26-27-46-45-22-13-14-23-47(45)59(50(46)35-42)51-33-38(28-29-55-51)54(7,8)37-18-11-10-12-19-37/h10-35H,36H2,1-9H3. The molecule has 3 heterocycles. The number of hydrogen-bond donors (Lipinski definition) is 0. The fraction of sp³-hybridized carbons (Fsp3) is 0.241. The lowest BCUT2D eigenvalue weighted by molar-refractivity contribution is 0.568. The molecule has 0 fully saturated rings. The summed E-state index contributed by atoms with van der Waals surface area (Å²) in [5, 5.41) is 2.42. The molecule has 0 saturated heterocycles. The number of hydrogen-bond acceptors (Lipinski definition) is 4. The van der Waals surface area contributed by atoms with Crippen molar-refractivity contribution in [3.63, 3.8) is 0 Å². The van der Waals surface area contributed by atoms with Crippen LogP contribution in [0.4, 0.5) is 34.1 Å². The molecule has 1 aliphatic rings. The zero-order valence-electron chi connectivity index (χ0n) is 36.0. The van der Waals surface area contributed by atoms with Crippen molar-refractivity contribution in [2.24, 2.45) is 0 Å². The van der Waals surface area contributed by atoms with E-state index in [1.54, 1.807) is 0 Å². The lowest BCUT2D eigenvalue weighted by Gasteiger charge is -2.29. The zero-order valence-corrected chi connectivity index (χ0v) is 36.0. The number of rotatable bonds is 7. The van der Waals surface area contributed by atoms with Crippen LogP contribution in [0, 0.1) is 0 Å². The van der Waals surface area contributed by atoms with Crippen molar-refractivity contribution >= 4 is 55.9 Å². The van der Waals surface area contributed by atoms with Crippen LogP contribution < -0.4 is 14.7 Å². The zero-order chi connectivity index (χ0) is 41.3. The largest absolute Gasteiger partial charge is 0.344 e. The third-order valence-corrected chi connectivity index (χ3v) is 12.5. The maximum atomic E-state index is 5.00. The predicted octanol–water partition coefficient (Wildman–Crippen LogP) is 14.1. The van der Waals surface area contributed by atoms with Gasteiger partial charge in [0.15, 0.2) is 0 Å². The SMILES string of the molecule is CN(c1cccc(N2CN(c3cc(C(C)(C)C)cc(C(C)(C)C)c3)c3ccccc32)c1)c1ccc2c3ccccc3n(-c3cc(C(C)(C)c4ccccc4)ccn3)c2c1. The quantitative estimate of drug-likeness (QED) is 0.161. The Morgan fingerprint density at radius 3 is 1.78 bits per heavy atom. The van der Waals surface area contributed by atoms with Crippen LogP contribution in [-0.4, -0.2) is 23.3 Å². The van der Waals surface area contributed by atoms with E-state index in [1.165, 1.54) is 50.1 Å². The molecule has 8 aromatic rings. The highest BCUT2D eigenvalue weighted by atomic mass is 15.4. The molecule has 0 atom stereocenters. The summed E-state index contributed by atoms with van der Waals surface area (Å²) >= 11 is 0. The van der Waals surface area contributed by atoms with Gasteiger partial charge in [0.1, 0.15) is 12.5 Å². The van der Waals surface area contributed by atoms with Crippen LogP contribution in [0.5, 0.6) is 0 Å². The van der Waals surface area contributed by atoms with E-state index in [4.69, 9.17) is 4.98 Å². The number of nitrogens with zero attached hydrogens (tertiary/aromatic N) is 5. The summed E-state index contributed by atoms with van der Waals surface area (Å²) in [4.78, 5) is 12.2. The van der Waals surface area contributed by atoms with Crippen molar-refractivity contribution in [1.82, 2.24) is 9.55 Å². The summed E-state index contributed by atoms with van der Waals surface area (Å²) in [6.45, 7) is 19.2. The topological polar surface area (TPSA) is 27.5 Å². The second kappa shape index (κ2) is 14.2. The first kappa shape index (κ1) is 38.2. The minimum Gasteiger partial charge on any atom is -0.344 e. The van der Waals surface area contributed by atoms with Crippen LogP contribution in [0.3, 0.4) is 0 Å². The molecular formula is C54H55N5. The van der Waals surface area contributed by atoms with Gasteiger partial charge in [-0.25, -0.2) is 4.98 Å². The molecule has 0 amide bonds. The summed E-state index contributed by atoms with van der Waals surface area (Å²) in [7, 11) is 2.17. The summed E-state index contributed by atoms with van der Waals surface area (Å²) in [5.74, 6) is 0.916. The number of aromatic nitrogens is 2. The average molecular weight is 774 g/mol. The number of benzene rings is 6. The number of fused-ring (bicyclic) bond motifs is 4. The molecule has 296 valence electrons. The molecule has 0 spiro atoms. The second-order valence-electron chi connectivity index (χ2n) is 18.8. The molecule has 6 aromatic carbocycles. The van der Waals surface area contributed by atoms with Crippen LogP contribution in [-0.2, 0) is 16.2 Å². The number of para-hydroxylation sites is 3. The second-order valence-corrected chi connectivity index (χ2v) is 18.8. The van der Waals surface area contributed by atoms with E-state index in [9.17, 15) is 0 Å². The molecule has 9 rings (SSSR count). The maximum absolute atomic E-state index is 5.00. The maximum Gasteiger partial charge on any atom is 0.137 e. The van der Waals surface area contributed by atoms with Gasteiger partial charge in [0.2, 0.25) is 0 Å². The Bertz CT molecular complexity index is 2800. The number of anilines is 6. The highest BCUT2D eigenvalue weighted by Crippen LogP contribution is 2.47. The van der Waals surface area contributed by atoms with Crippen molar-refractivity contribution in [3.8, 4) is 5.82 Å². The molecule has 2 aromatic heterocycles. The van der Waals surface area contributed by atoms with Gasteiger partial charge in [-0.15, -0.1) is 0 Å². The Balaban J connectivity index is 1.09. The average Bonchev–Trinajstić information content (AvgIpc) is 3.79. The molecule has 1 aliphatic heterocycles. The van der Waals surface area contributed by atoms with Crippen molar-refractivity contribution in [3.05, 3.63) is 180 Å². The van der Waals surface area contributed by atoms with Gasteiger partial charge in [0, 0.05) is 52.2 Å². The van der Waals surface area contributed by atoms with Gasteiger partial charge in [-0.05, 0) is 106 Å². The van der Waals surface area contributed by atoms with Crippen LogP contribution in [0.2, 0.25) is 0 Å². The van der Waals surface area contributed by atoms with Crippen molar-refractivity contribution in [2.75, 3.05) is 28.4 Å². The first-order valence-corrected chi connectivity index (χ1v) is 20.9. The van der Waals surface area contributed by atoms with E-state index < -0.39 is 0 Å². The van der Waals surface area contributed by atoms with Crippen LogP contribution in [0.25, 0.3) is 27.6 Å². The van der Waals surface area contributed by atoms with E-state index in [1.807, 2.05) is 6.20 Å². The fourth-order valence-corrected chi connectivity index (χ4v) is 8.67. The lowest BCUT2D eigenvalue weighted by Crippen LogP contribution is -2.25. The molecule has 5 nitrogen and oxygen atoms in total. The molecule has 5 heteroatoms. The van der Waals surface area contributed by atoms with E-state index in [0.29, 0.717) is 0 Å². The van der Waals surface area contributed by atoms with Crippen molar-refractivity contribution in [2.45, 2.75) is 71.6 Å². The van der Waals surface area contributed by atoms with Crippen LogP contribution >= 0.6 is 0 Å². The first-order chi connectivity index (χ1) is 28.2. The summed E-state index contributed by atoms with van der Waals surface area (Å²) in [5.41, 5.74) is 14.4. The van der Waals surface area contributed by atoms with Crippen molar-refractivity contribution < 1.29 is 0 Å². The monoisotopic (exact) mass is 773 g/mol.